The number of aromatic nitrogens is 4. The molecule has 0 spiro atoms. The Hall–Kier alpha value is -3.55. The fourth-order valence-corrected chi connectivity index (χ4v) is 4.07. The first-order chi connectivity index (χ1) is 15.5. The van der Waals surface area contributed by atoms with E-state index < -0.39 is 11.6 Å². The third-order valence-electron chi connectivity index (χ3n) is 5.78. The van der Waals surface area contributed by atoms with Gasteiger partial charge in [0.1, 0.15) is 23.3 Å². The van der Waals surface area contributed by atoms with Gasteiger partial charge in [-0.2, -0.15) is 0 Å². The van der Waals surface area contributed by atoms with E-state index in [2.05, 4.69) is 14.9 Å². The van der Waals surface area contributed by atoms with E-state index in [4.69, 9.17) is 9.72 Å². The van der Waals surface area contributed by atoms with Crippen LogP contribution in [0.1, 0.15) is 24.1 Å². The van der Waals surface area contributed by atoms with Gasteiger partial charge in [-0.05, 0) is 37.6 Å². The maximum Gasteiger partial charge on any atom is 0.163 e. The summed E-state index contributed by atoms with van der Waals surface area (Å²) in [7, 11) is 0. The molecule has 0 aliphatic carbocycles. The predicted molar refractivity (Wildman–Crippen MR) is 118 cm³/mol. The molecule has 5 rings (SSSR count). The first-order valence-electron chi connectivity index (χ1n) is 10.6. The monoisotopic (exact) mass is 435 g/mol. The molecule has 4 heterocycles. The van der Waals surface area contributed by atoms with Gasteiger partial charge in [-0.25, -0.2) is 23.7 Å². The van der Waals surface area contributed by atoms with Crippen LogP contribution in [-0.4, -0.2) is 38.5 Å². The molecule has 0 bridgehead atoms. The molecule has 164 valence electrons. The number of rotatable bonds is 4. The fraction of sp³-hybridized carbons (Fsp3) is 0.292. The minimum absolute atomic E-state index is 0.0515. The predicted octanol–water partition coefficient (Wildman–Crippen LogP) is 4.73. The second-order valence-corrected chi connectivity index (χ2v) is 8.13. The van der Waals surface area contributed by atoms with Gasteiger partial charge in [0, 0.05) is 67.9 Å². The third kappa shape index (κ3) is 4.00. The quantitative estimate of drug-likeness (QED) is 0.464. The van der Waals surface area contributed by atoms with Crippen molar-refractivity contribution in [2.24, 2.45) is 0 Å². The summed E-state index contributed by atoms with van der Waals surface area (Å²) in [6, 6.07) is 7.67. The lowest BCUT2D eigenvalue weighted by Crippen LogP contribution is -2.38. The molecule has 32 heavy (non-hydrogen) atoms. The van der Waals surface area contributed by atoms with Crippen molar-refractivity contribution in [1.82, 2.24) is 19.4 Å². The van der Waals surface area contributed by atoms with Crippen molar-refractivity contribution < 1.29 is 13.5 Å². The molecule has 6 nitrogen and oxygen atoms in total. The zero-order valence-corrected chi connectivity index (χ0v) is 17.9. The van der Waals surface area contributed by atoms with Crippen molar-refractivity contribution in [2.75, 3.05) is 18.0 Å². The van der Waals surface area contributed by atoms with Gasteiger partial charge >= 0.3 is 0 Å². The minimum Gasteiger partial charge on any atom is -0.490 e. The molecule has 1 saturated heterocycles. The van der Waals surface area contributed by atoms with Crippen LogP contribution in [0.25, 0.3) is 17.0 Å². The summed E-state index contributed by atoms with van der Waals surface area (Å²) in [4.78, 5) is 16.1. The Morgan fingerprint density at radius 3 is 2.59 bits per heavy atom. The van der Waals surface area contributed by atoms with Crippen molar-refractivity contribution in [1.29, 1.82) is 0 Å². The van der Waals surface area contributed by atoms with Crippen LogP contribution in [0.15, 0.2) is 48.9 Å². The highest BCUT2D eigenvalue weighted by Gasteiger charge is 2.23. The van der Waals surface area contributed by atoms with Crippen LogP contribution in [0.5, 0.6) is 5.75 Å². The molecule has 8 heteroatoms. The molecule has 0 radical (unpaired) electrons. The SMILES string of the molecule is Cc1cc(N2CCC(Oc3ccc(F)c(F)c3)CC2)nc(-c2cn3ccnc3cc2C)n1. The summed E-state index contributed by atoms with van der Waals surface area (Å²) < 4.78 is 34.4. The number of anilines is 1. The average Bonchev–Trinajstić information content (AvgIpc) is 3.23. The normalized spacial score (nSPS) is 14.8. The molecule has 1 aromatic carbocycles. The highest BCUT2D eigenvalue weighted by Crippen LogP contribution is 2.27. The Kier molecular flexibility index (Phi) is 5.20. The van der Waals surface area contributed by atoms with Gasteiger partial charge in [0.2, 0.25) is 0 Å². The lowest BCUT2D eigenvalue weighted by Gasteiger charge is -2.33. The van der Waals surface area contributed by atoms with E-state index in [1.54, 1.807) is 6.20 Å². The number of benzene rings is 1. The number of ether oxygens (including phenoxy) is 1. The molecule has 1 aliphatic rings. The van der Waals surface area contributed by atoms with Gasteiger partial charge < -0.3 is 14.0 Å². The zero-order valence-electron chi connectivity index (χ0n) is 17.9. The number of imidazole rings is 1. The molecule has 0 N–H and O–H groups in total. The van der Waals surface area contributed by atoms with Crippen LogP contribution < -0.4 is 9.64 Å². The fourth-order valence-electron chi connectivity index (χ4n) is 4.07. The molecular formula is C24H23F2N5O. The van der Waals surface area contributed by atoms with Crippen LogP contribution in [0, 0.1) is 25.5 Å². The Morgan fingerprint density at radius 2 is 1.81 bits per heavy atom. The van der Waals surface area contributed by atoms with Crippen molar-refractivity contribution in [3.05, 3.63) is 71.8 Å². The van der Waals surface area contributed by atoms with Gasteiger partial charge in [-0.15, -0.1) is 0 Å². The second kappa shape index (κ2) is 8.18. The summed E-state index contributed by atoms with van der Waals surface area (Å²) in [5.74, 6) is 0.155. The van der Waals surface area contributed by atoms with E-state index in [1.807, 2.05) is 42.8 Å². The molecule has 0 atom stereocenters. The number of aryl methyl sites for hydroxylation is 2. The minimum atomic E-state index is -0.895. The van der Waals surface area contributed by atoms with Gasteiger partial charge in [-0.1, -0.05) is 0 Å². The standard InChI is InChI=1S/C24H23F2N5O/c1-15-11-22-27-7-10-31(22)14-19(15)24-28-16(2)12-23(29-24)30-8-5-17(6-9-30)32-18-3-4-20(25)21(26)13-18/h3-4,7,10-14,17H,5-6,8-9H2,1-2H3. The van der Waals surface area contributed by atoms with Crippen molar-refractivity contribution in [3.8, 4) is 17.1 Å². The lowest BCUT2D eigenvalue weighted by atomic mass is 10.1. The molecule has 0 unspecified atom stereocenters. The van der Waals surface area contributed by atoms with E-state index in [0.29, 0.717) is 11.6 Å². The van der Waals surface area contributed by atoms with Crippen LogP contribution in [0.2, 0.25) is 0 Å². The third-order valence-corrected chi connectivity index (χ3v) is 5.78. The van der Waals surface area contributed by atoms with E-state index in [0.717, 1.165) is 66.3 Å². The number of halogens is 2. The Balaban J connectivity index is 1.33. The number of pyridine rings is 1. The number of piperidine rings is 1. The lowest BCUT2D eigenvalue weighted by molar-refractivity contribution is 0.170. The van der Waals surface area contributed by atoms with E-state index in [9.17, 15) is 8.78 Å². The number of hydrogen-bond acceptors (Lipinski definition) is 5. The Bertz CT molecular complexity index is 1280. The van der Waals surface area contributed by atoms with Gasteiger partial charge in [0.25, 0.3) is 0 Å². The van der Waals surface area contributed by atoms with Gasteiger partial charge in [0.05, 0.1) is 0 Å². The van der Waals surface area contributed by atoms with Crippen LogP contribution >= 0.6 is 0 Å². The Labute approximate surface area is 184 Å². The molecule has 1 fully saturated rings. The maximum atomic E-state index is 13.4. The maximum absolute atomic E-state index is 13.4. The highest BCUT2D eigenvalue weighted by atomic mass is 19.2. The number of fused-ring (bicyclic) bond motifs is 1. The summed E-state index contributed by atoms with van der Waals surface area (Å²) in [6.07, 6.45) is 7.16. The first-order valence-corrected chi connectivity index (χ1v) is 10.6. The van der Waals surface area contributed by atoms with Crippen molar-refractivity contribution in [2.45, 2.75) is 32.8 Å². The van der Waals surface area contributed by atoms with Crippen LogP contribution in [0.3, 0.4) is 0 Å². The van der Waals surface area contributed by atoms with Crippen LogP contribution in [-0.2, 0) is 0 Å². The van der Waals surface area contributed by atoms with E-state index in [1.165, 1.54) is 6.07 Å². The Morgan fingerprint density at radius 1 is 1.00 bits per heavy atom. The number of hydrogen-bond donors (Lipinski definition) is 0. The molecule has 4 aromatic rings. The summed E-state index contributed by atoms with van der Waals surface area (Å²) in [6.45, 7) is 5.52. The summed E-state index contributed by atoms with van der Waals surface area (Å²) in [5.41, 5.74) is 3.83. The van der Waals surface area contributed by atoms with Gasteiger partial charge in [-0.3, -0.25) is 0 Å². The van der Waals surface area contributed by atoms with Gasteiger partial charge in [0.15, 0.2) is 17.5 Å². The average molecular weight is 435 g/mol. The first kappa shape index (κ1) is 20.4. The largest absolute Gasteiger partial charge is 0.490 e. The molecule has 3 aromatic heterocycles. The van der Waals surface area contributed by atoms with E-state index in [-0.39, 0.29) is 6.10 Å². The second-order valence-electron chi connectivity index (χ2n) is 8.13. The van der Waals surface area contributed by atoms with E-state index >= 15 is 0 Å². The topological polar surface area (TPSA) is 55.5 Å². The molecule has 1 aliphatic heterocycles. The van der Waals surface area contributed by atoms with Crippen molar-refractivity contribution in [3.63, 3.8) is 0 Å². The summed E-state index contributed by atoms with van der Waals surface area (Å²) in [5, 5.41) is 0. The molecule has 0 amide bonds. The zero-order chi connectivity index (χ0) is 22.2. The molecular weight excluding hydrogens is 412 g/mol. The molecule has 0 saturated carbocycles. The number of nitrogens with zero attached hydrogens (tertiary/aromatic N) is 5. The van der Waals surface area contributed by atoms with Crippen molar-refractivity contribution >= 4 is 11.5 Å². The smallest absolute Gasteiger partial charge is 0.163 e. The van der Waals surface area contributed by atoms with Crippen LogP contribution in [0.4, 0.5) is 14.6 Å². The highest BCUT2D eigenvalue weighted by molar-refractivity contribution is 5.64. The summed E-state index contributed by atoms with van der Waals surface area (Å²) >= 11 is 0.